The molecule has 10 heteroatoms. The number of hydrogen-bond acceptors (Lipinski definition) is 6. The van der Waals surface area contributed by atoms with Crippen LogP contribution in [0.4, 0.5) is 4.79 Å². The molecule has 0 aliphatic carbocycles. The molecule has 0 saturated heterocycles. The molecule has 0 spiro atoms. The molecule has 154 valence electrons. The minimum atomic E-state index is -0.555. The number of para-hydroxylation sites is 1. The Labute approximate surface area is 171 Å². The standard InChI is InChI=1S/C20H20N6O4/c1-3-30-19(28)16-12(2)23-20(29)24-15(16)10-25-11-21-17-14(18(25)27)9-22-26(17)13-7-5-4-6-8-13/h4-9,11-12H,3,10H2,1-2H3,(H2,23,24,29)/t12-/m1/s1. The van der Waals surface area contributed by atoms with Gasteiger partial charge in [0.25, 0.3) is 5.56 Å². The molecule has 1 aliphatic rings. The zero-order chi connectivity index (χ0) is 21.3. The summed E-state index contributed by atoms with van der Waals surface area (Å²) < 4.78 is 8.01. The predicted molar refractivity (Wildman–Crippen MR) is 108 cm³/mol. The summed E-state index contributed by atoms with van der Waals surface area (Å²) in [6.07, 6.45) is 2.83. The Kier molecular flexibility index (Phi) is 5.05. The molecule has 1 aromatic carbocycles. The van der Waals surface area contributed by atoms with Crippen LogP contribution in [0.5, 0.6) is 0 Å². The highest BCUT2D eigenvalue weighted by Gasteiger charge is 2.30. The average Bonchev–Trinajstić information content (AvgIpc) is 3.15. The van der Waals surface area contributed by atoms with Crippen LogP contribution in [0, 0.1) is 0 Å². The number of allylic oxidation sites excluding steroid dienone is 1. The van der Waals surface area contributed by atoms with Crippen LogP contribution in [-0.4, -0.2) is 44.0 Å². The van der Waals surface area contributed by atoms with Gasteiger partial charge in [-0.15, -0.1) is 0 Å². The topological polar surface area (TPSA) is 120 Å². The molecule has 2 aromatic heterocycles. The third kappa shape index (κ3) is 3.43. The molecule has 3 aromatic rings. The maximum atomic E-state index is 13.0. The number of nitrogens with zero attached hydrogens (tertiary/aromatic N) is 4. The number of fused-ring (bicyclic) bond motifs is 1. The Bertz CT molecular complexity index is 1210. The molecule has 2 amide bonds. The molecule has 3 heterocycles. The lowest BCUT2D eigenvalue weighted by Crippen LogP contribution is -2.50. The Morgan fingerprint density at radius 1 is 1.23 bits per heavy atom. The second kappa shape index (κ2) is 7.82. The summed E-state index contributed by atoms with van der Waals surface area (Å²) in [7, 11) is 0. The van der Waals surface area contributed by atoms with E-state index >= 15 is 0 Å². The Balaban J connectivity index is 1.75. The number of esters is 1. The van der Waals surface area contributed by atoms with E-state index in [9.17, 15) is 14.4 Å². The first kappa shape index (κ1) is 19.4. The van der Waals surface area contributed by atoms with Crippen LogP contribution < -0.4 is 16.2 Å². The van der Waals surface area contributed by atoms with Crippen molar-refractivity contribution in [1.82, 2.24) is 30.0 Å². The van der Waals surface area contributed by atoms with E-state index in [4.69, 9.17) is 4.74 Å². The Morgan fingerprint density at radius 2 is 2.00 bits per heavy atom. The van der Waals surface area contributed by atoms with E-state index in [-0.39, 0.29) is 24.3 Å². The van der Waals surface area contributed by atoms with Crippen LogP contribution in [0.3, 0.4) is 0 Å². The normalized spacial score (nSPS) is 16.3. The van der Waals surface area contributed by atoms with E-state index in [1.54, 1.807) is 18.5 Å². The van der Waals surface area contributed by atoms with Gasteiger partial charge in [-0.3, -0.25) is 9.36 Å². The molecule has 4 rings (SSSR count). The SMILES string of the molecule is CCOC(=O)C1=C(Cn2cnc3c(cnn3-c3ccccc3)c2=O)NC(=O)N[C@@H]1C. The minimum Gasteiger partial charge on any atom is -0.463 e. The first-order valence-electron chi connectivity index (χ1n) is 9.46. The smallest absolute Gasteiger partial charge is 0.337 e. The number of rotatable bonds is 5. The highest BCUT2D eigenvalue weighted by Crippen LogP contribution is 2.17. The molecular weight excluding hydrogens is 388 g/mol. The lowest BCUT2D eigenvalue weighted by molar-refractivity contribution is -0.139. The molecular formula is C20H20N6O4. The van der Waals surface area contributed by atoms with Crippen molar-refractivity contribution in [3.63, 3.8) is 0 Å². The number of carbonyl (C=O) groups excluding carboxylic acids is 2. The van der Waals surface area contributed by atoms with Gasteiger partial charge >= 0.3 is 12.0 Å². The minimum absolute atomic E-state index is 0.0375. The van der Waals surface area contributed by atoms with Gasteiger partial charge in [0.1, 0.15) is 11.7 Å². The molecule has 0 unspecified atom stereocenters. The molecule has 0 radical (unpaired) electrons. The monoisotopic (exact) mass is 408 g/mol. The largest absolute Gasteiger partial charge is 0.463 e. The maximum absolute atomic E-state index is 13.0. The van der Waals surface area contributed by atoms with E-state index in [0.717, 1.165) is 5.69 Å². The molecule has 0 fully saturated rings. The zero-order valence-electron chi connectivity index (χ0n) is 16.5. The molecule has 10 nitrogen and oxygen atoms in total. The van der Waals surface area contributed by atoms with Gasteiger partial charge in [0.15, 0.2) is 5.65 Å². The number of ether oxygens (including phenoxy) is 1. The summed E-state index contributed by atoms with van der Waals surface area (Å²) in [6.45, 7) is 3.54. The number of hydrogen-bond donors (Lipinski definition) is 2. The highest BCUT2D eigenvalue weighted by molar-refractivity contribution is 5.94. The van der Waals surface area contributed by atoms with Crippen molar-refractivity contribution in [2.75, 3.05) is 6.61 Å². The third-order valence-electron chi connectivity index (χ3n) is 4.75. The summed E-state index contributed by atoms with van der Waals surface area (Å²) in [6, 6.07) is 8.34. The van der Waals surface area contributed by atoms with Crippen LogP contribution in [0.15, 0.2) is 58.9 Å². The maximum Gasteiger partial charge on any atom is 0.337 e. The van der Waals surface area contributed by atoms with Gasteiger partial charge in [0.05, 0.1) is 42.3 Å². The predicted octanol–water partition coefficient (Wildman–Crippen LogP) is 1.10. The fraction of sp³-hybridized carbons (Fsp3) is 0.250. The van der Waals surface area contributed by atoms with Crippen LogP contribution in [-0.2, 0) is 16.1 Å². The lowest BCUT2D eigenvalue weighted by atomic mass is 10.0. The first-order chi connectivity index (χ1) is 14.5. The number of nitrogens with one attached hydrogen (secondary N) is 2. The van der Waals surface area contributed by atoms with Gasteiger partial charge in [-0.1, -0.05) is 18.2 Å². The Morgan fingerprint density at radius 3 is 2.73 bits per heavy atom. The molecule has 0 saturated carbocycles. The fourth-order valence-electron chi connectivity index (χ4n) is 3.39. The molecule has 1 atom stereocenters. The van der Waals surface area contributed by atoms with E-state index in [2.05, 4.69) is 20.7 Å². The van der Waals surface area contributed by atoms with Crippen LogP contribution in [0.25, 0.3) is 16.7 Å². The third-order valence-corrected chi connectivity index (χ3v) is 4.75. The number of benzene rings is 1. The van der Waals surface area contributed by atoms with E-state index in [1.807, 2.05) is 30.3 Å². The van der Waals surface area contributed by atoms with Crippen molar-refractivity contribution in [3.8, 4) is 5.69 Å². The van der Waals surface area contributed by atoms with Gasteiger partial charge in [-0.2, -0.15) is 5.10 Å². The van der Waals surface area contributed by atoms with Gasteiger partial charge in [0.2, 0.25) is 0 Å². The van der Waals surface area contributed by atoms with Crippen molar-refractivity contribution >= 4 is 23.0 Å². The number of amides is 2. The molecule has 30 heavy (non-hydrogen) atoms. The second-order valence-corrected chi connectivity index (χ2v) is 6.74. The zero-order valence-corrected chi connectivity index (χ0v) is 16.5. The van der Waals surface area contributed by atoms with Crippen molar-refractivity contribution in [1.29, 1.82) is 0 Å². The van der Waals surface area contributed by atoms with E-state index < -0.39 is 18.0 Å². The van der Waals surface area contributed by atoms with Gasteiger partial charge < -0.3 is 15.4 Å². The lowest BCUT2D eigenvalue weighted by Gasteiger charge is -2.26. The van der Waals surface area contributed by atoms with E-state index in [0.29, 0.717) is 16.7 Å². The van der Waals surface area contributed by atoms with E-state index in [1.165, 1.54) is 17.1 Å². The van der Waals surface area contributed by atoms with Gasteiger partial charge in [-0.25, -0.2) is 19.3 Å². The van der Waals surface area contributed by atoms with Crippen molar-refractivity contribution in [2.45, 2.75) is 26.4 Å². The summed E-state index contributed by atoms with van der Waals surface area (Å²) >= 11 is 0. The first-order valence-corrected chi connectivity index (χ1v) is 9.46. The van der Waals surface area contributed by atoms with Crippen molar-refractivity contribution in [2.24, 2.45) is 0 Å². The molecule has 2 N–H and O–H groups in total. The average molecular weight is 408 g/mol. The molecule has 0 bridgehead atoms. The van der Waals surface area contributed by atoms with Gasteiger partial charge in [0, 0.05) is 0 Å². The van der Waals surface area contributed by atoms with Crippen LogP contribution in [0.1, 0.15) is 13.8 Å². The number of urea groups is 1. The summed E-state index contributed by atoms with van der Waals surface area (Å²) in [4.78, 5) is 41.7. The van der Waals surface area contributed by atoms with Crippen LogP contribution in [0.2, 0.25) is 0 Å². The number of carbonyl (C=O) groups is 2. The second-order valence-electron chi connectivity index (χ2n) is 6.74. The van der Waals surface area contributed by atoms with Crippen LogP contribution >= 0.6 is 0 Å². The Hall–Kier alpha value is -3.95. The summed E-state index contributed by atoms with van der Waals surface area (Å²) in [5.74, 6) is -0.550. The summed E-state index contributed by atoms with van der Waals surface area (Å²) in [5.41, 5.74) is 1.43. The van der Waals surface area contributed by atoms with Crippen molar-refractivity contribution < 1.29 is 14.3 Å². The van der Waals surface area contributed by atoms with Gasteiger partial charge in [-0.05, 0) is 26.0 Å². The highest BCUT2D eigenvalue weighted by atomic mass is 16.5. The van der Waals surface area contributed by atoms with Crippen molar-refractivity contribution in [3.05, 3.63) is 64.5 Å². The summed E-state index contributed by atoms with van der Waals surface area (Å²) in [5, 5.41) is 9.84. The molecule has 1 aliphatic heterocycles. The fourth-order valence-corrected chi connectivity index (χ4v) is 3.39. The number of aromatic nitrogens is 4. The quantitative estimate of drug-likeness (QED) is 0.610.